The van der Waals surface area contributed by atoms with E-state index in [1.165, 1.54) is 19.3 Å². The highest BCUT2D eigenvalue weighted by atomic mass is 16.5. The van der Waals surface area contributed by atoms with E-state index in [-0.39, 0.29) is 5.92 Å². The van der Waals surface area contributed by atoms with Gasteiger partial charge in [-0.1, -0.05) is 12.8 Å². The van der Waals surface area contributed by atoms with Crippen molar-refractivity contribution in [1.82, 2.24) is 5.32 Å². The summed E-state index contributed by atoms with van der Waals surface area (Å²) >= 11 is 0. The molecule has 1 aliphatic carbocycles. The second-order valence-electron chi connectivity index (χ2n) is 5.64. The standard InChI is InChI=1S/C14H25NO3/c16-14(17)13-7-2-1-5-11(13)9-15-10-12-6-3-4-8-18-12/h11-13,15H,1-10H2,(H,16,17). The number of nitrogens with one attached hydrogen (secondary N) is 1. The summed E-state index contributed by atoms with van der Waals surface area (Å²) in [5.41, 5.74) is 0. The average Bonchev–Trinajstić information content (AvgIpc) is 2.40. The number of hydrogen-bond donors (Lipinski definition) is 2. The van der Waals surface area contributed by atoms with E-state index in [1.54, 1.807) is 0 Å². The van der Waals surface area contributed by atoms with Gasteiger partial charge in [0.1, 0.15) is 0 Å². The minimum atomic E-state index is -0.615. The summed E-state index contributed by atoms with van der Waals surface area (Å²) in [4.78, 5) is 11.2. The number of hydrogen-bond acceptors (Lipinski definition) is 3. The number of ether oxygens (including phenoxy) is 1. The molecule has 0 aromatic heterocycles. The highest BCUT2D eigenvalue weighted by molar-refractivity contribution is 5.70. The molecule has 104 valence electrons. The Morgan fingerprint density at radius 3 is 2.61 bits per heavy atom. The lowest BCUT2D eigenvalue weighted by atomic mass is 9.79. The molecule has 1 heterocycles. The molecule has 18 heavy (non-hydrogen) atoms. The summed E-state index contributed by atoms with van der Waals surface area (Å²) in [6, 6.07) is 0. The van der Waals surface area contributed by atoms with Crippen molar-refractivity contribution in [3.8, 4) is 0 Å². The molecule has 0 radical (unpaired) electrons. The Bertz CT molecular complexity index is 264. The largest absolute Gasteiger partial charge is 0.481 e. The predicted molar refractivity (Wildman–Crippen MR) is 69.5 cm³/mol. The van der Waals surface area contributed by atoms with Crippen LogP contribution in [0.25, 0.3) is 0 Å². The third-order valence-electron chi connectivity index (χ3n) is 4.28. The second-order valence-corrected chi connectivity index (χ2v) is 5.64. The van der Waals surface area contributed by atoms with Gasteiger partial charge in [-0.2, -0.15) is 0 Å². The maximum absolute atomic E-state index is 11.2. The SMILES string of the molecule is O=C(O)C1CCCCC1CNCC1CCCCO1. The molecule has 4 heteroatoms. The van der Waals surface area contributed by atoms with Crippen molar-refractivity contribution in [2.45, 2.75) is 51.0 Å². The van der Waals surface area contributed by atoms with Crippen molar-refractivity contribution in [1.29, 1.82) is 0 Å². The first kappa shape index (κ1) is 13.8. The lowest BCUT2D eigenvalue weighted by Gasteiger charge is -2.30. The summed E-state index contributed by atoms with van der Waals surface area (Å²) in [7, 11) is 0. The van der Waals surface area contributed by atoms with Crippen molar-refractivity contribution < 1.29 is 14.6 Å². The summed E-state index contributed by atoms with van der Waals surface area (Å²) in [5, 5.41) is 12.6. The zero-order valence-corrected chi connectivity index (χ0v) is 11.1. The molecule has 0 aromatic carbocycles. The van der Waals surface area contributed by atoms with Crippen molar-refractivity contribution in [2.24, 2.45) is 11.8 Å². The van der Waals surface area contributed by atoms with Gasteiger partial charge in [-0.25, -0.2) is 0 Å². The molecule has 0 spiro atoms. The maximum Gasteiger partial charge on any atom is 0.306 e. The fourth-order valence-corrected chi connectivity index (χ4v) is 3.18. The van der Waals surface area contributed by atoms with Crippen LogP contribution in [0.1, 0.15) is 44.9 Å². The van der Waals surface area contributed by atoms with E-state index in [4.69, 9.17) is 4.74 Å². The molecule has 1 saturated carbocycles. The highest BCUT2D eigenvalue weighted by Gasteiger charge is 2.30. The molecular weight excluding hydrogens is 230 g/mol. The Kier molecular flexibility index (Phi) is 5.45. The molecule has 2 rings (SSSR count). The Hall–Kier alpha value is -0.610. The number of aliphatic carboxylic acids is 1. The molecule has 2 aliphatic rings. The second kappa shape index (κ2) is 7.10. The minimum absolute atomic E-state index is 0.140. The molecule has 2 N–H and O–H groups in total. The van der Waals surface area contributed by atoms with E-state index in [0.717, 1.165) is 45.4 Å². The van der Waals surface area contributed by atoms with Crippen molar-refractivity contribution >= 4 is 5.97 Å². The number of carboxylic acids is 1. The van der Waals surface area contributed by atoms with Crippen LogP contribution in [0.5, 0.6) is 0 Å². The number of rotatable bonds is 5. The van der Waals surface area contributed by atoms with E-state index in [1.807, 2.05) is 0 Å². The fraction of sp³-hybridized carbons (Fsp3) is 0.929. The monoisotopic (exact) mass is 255 g/mol. The normalized spacial score (nSPS) is 33.2. The van der Waals surface area contributed by atoms with Gasteiger partial charge in [-0.05, 0) is 44.6 Å². The summed E-state index contributed by atoms with van der Waals surface area (Å²) in [6.45, 7) is 2.59. The van der Waals surface area contributed by atoms with Crippen LogP contribution in [0.15, 0.2) is 0 Å². The van der Waals surface area contributed by atoms with Gasteiger partial charge in [0.25, 0.3) is 0 Å². The smallest absolute Gasteiger partial charge is 0.306 e. The van der Waals surface area contributed by atoms with Crippen LogP contribution in [0.3, 0.4) is 0 Å². The average molecular weight is 255 g/mol. The van der Waals surface area contributed by atoms with Gasteiger partial charge in [-0.3, -0.25) is 4.79 Å². The van der Waals surface area contributed by atoms with E-state index in [2.05, 4.69) is 5.32 Å². The van der Waals surface area contributed by atoms with Crippen LogP contribution < -0.4 is 5.32 Å². The molecular formula is C14H25NO3. The van der Waals surface area contributed by atoms with Crippen molar-refractivity contribution in [2.75, 3.05) is 19.7 Å². The van der Waals surface area contributed by atoms with Gasteiger partial charge in [0.2, 0.25) is 0 Å². The van der Waals surface area contributed by atoms with Crippen LogP contribution in [0.2, 0.25) is 0 Å². The van der Waals surface area contributed by atoms with E-state index in [9.17, 15) is 9.90 Å². The van der Waals surface area contributed by atoms with Crippen LogP contribution in [0.4, 0.5) is 0 Å². The van der Waals surface area contributed by atoms with Gasteiger partial charge in [0.05, 0.1) is 12.0 Å². The molecule has 1 saturated heterocycles. The first-order valence-corrected chi connectivity index (χ1v) is 7.32. The van der Waals surface area contributed by atoms with Gasteiger partial charge >= 0.3 is 5.97 Å². The fourth-order valence-electron chi connectivity index (χ4n) is 3.18. The Labute approximate surface area is 109 Å². The maximum atomic E-state index is 11.2. The molecule has 1 aliphatic heterocycles. The summed E-state index contributed by atoms with van der Waals surface area (Å²) in [5.74, 6) is -0.450. The lowest BCUT2D eigenvalue weighted by molar-refractivity contribution is -0.144. The van der Waals surface area contributed by atoms with Gasteiger partial charge < -0.3 is 15.2 Å². The molecule has 3 unspecified atom stereocenters. The van der Waals surface area contributed by atoms with Crippen LogP contribution >= 0.6 is 0 Å². The molecule has 3 atom stereocenters. The van der Waals surface area contributed by atoms with E-state index < -0.39 is 5.97 Å². The third kappa shape index (κ3) is 3.95. The molecule has 0 aromatic rings. The van der Waals surface area contributed by atoms with E-state index in [0.29, 0.717) is 12.0 Å². The number of carbonyl (C=O) groups is 1. The first-order valence-electron chi connectivity index (χ1n) is 7.32. The van der Waals surface area contributed by atoms with Crippen molar-refractivity contribution in [3.63, 3.8) is 0 Å². The Balaban J connectivity index is 1.69. The summed E-state index contributed by atoms with van der Waals surface area (Å²) < 4.78 is 5.66. The molecule has 0 amide bonds. The van der Waals surface area contributed by atoms with Gasteiger partial charge in [0.15, 0.2) is 0 Å². The van der Waals surface area contributed by atoms with Gasteiger partial charge in [-0.15, -0.1) is 0 Å². The predicted octanol–water partition coefficient (Wildman–Crippen LogP) is 2.04. The zero-order chi connectivity index (χ0) is 12.8. The molecule has 2 fully saturated rings. The highest BCUT2D eigenvalue weighted by Crippen LogP contribution is 2.29. The van der Waals surface area contributed by atoms with Gasteiger partial charge in [0, 0.05) is 13.2 Å². The van der Waals surface area contributed by atoms with Crippen LogP contribution in [-0.2, 0) is 9.53 Å². The molecule has 4 nitrogen and oxygen atoms in total. The first-order chi connectivity index (χ1) is 8.77. The lowest BCUT2D eigenvalue weighted by Crippen LogP contribution is -2.38. The number of carboxylic acid groups (broad SMARTS) is 1. The Morgan fingerprint density at radius 1 is 1.11 bits per heavy atom. The van der Waals surface area contributed by atoms with Crippen LogP contribution in [-0.4, -0.2) is 36.9 Å². The quantitative estimate of drug-likeness (QED) is 0.789. The van der Waals surface area contributed by atoms with Crippen molar-refractivity contribution in [3.05, 3.63) is 0 Å². The zero-order valence-electron chi connectivity index (χ0n) is 11.1. The molecule has 0 bridgehead atoms. The van der Waals surface area contributed by atoms with Crippen LogP contribution in [0, 0.1) is 11.8 Å². The topological polar surface area (TPSA) is 58.6 Å². The van der Waals surface area contributed by atoms with E-state index >= 15 is 0 Å². The summed E-state index contributed by atoms with van der Waals surface area (Å²) in [6.07, 6.45) is 8.06. The third-order valence-corrected chi connectivity index (χ3v) is 4.28. The minimum Gasteiger partial charge on any atom is -0.481 e. The Morgan fingerprint density at radius 2 is 1.89 bits per heavy atom.